The van der Waals surface area contributed by atoms with Crippen molar-refractivity contribution in [3.63, 3.8) is 0 Å². The van der Waals surface area contributed by atoms with E-state index in [-0.39, 0.29) is 17.6 Å². The Labute approximate surface area is 159 Å². The summed E-state index contributed by atoms with van der Waals surface area (Å²) in [5.41, 5.74) is 2.65. The van der Waals surface area contributed by atoms with Crippen LogP contribution < -0.4 is 0 Å². The number of likely N-dealkylation sites (tertiary alicyclic amines) is 1. The van der Waals surface area contributed by atoms with Crippen molar-refractivity contribution in [3.8, 4) is 0 Å². The van der Waals surface area contributed by atoms with Gasteiger partial charge in [0.15, 0.2) is 0 Å². The van der Waals surface area contributed by atoms with Crippen molar-refractivity contribution in [1.29, 1.82) is 0 Å². The van der Waals surface area contributed by atoms with Gasteiger partial charge in [-0.3, -0.25) is 4.79 Å². The summed E-state index contributed by atoms with van der Waals surface area (Å²) < 4.78 is 5.94. The summed E-state index contributed by atoms with van der Waals surface area (Å²) in [6.45, 7) is 3.67. The first kappa shape index (κ1) is 19.1. The third-order valence-corrected chi connectivity index (χ3v) is 4.81. The molecule has 142 valence electrons. The van der Waals surface area contributed by atoms with Crippen LogP contribution >= 0.6 is 0 Å². The molecule has 1 saturated heterocycles. The molecule has 1 aliphatic rings. The molecule has 0 aromatic heterocycles. The van der Waals surface area contributed by atoms with E-state index in [1.54, 1.807) is 24.0 Å². The first-order valence-corrected chi connectivity index (χ1v) is 9.33. The van der Waals surface area contributed by atoms with Gasteiger partial charge in [0.05, 0.1) is 11.7 Å². The zero-order valence-electron chi connectivity index (χ0n) is 15.6. The standard InChI is InChI=1S/C22H25NO4/c1-16-12-18(14-19(13-16)22(25)26)21(24)23-10-9-20(15-23)27-11-5-8-17-6-3-2-4-7-17/h2-4,6-7,12-14,20H,5,8-11,15H2,1H3,(H,25,26). The Kier molecular flexibility index (Phi) is 6.24. The number of rotatable bonds is 7. The Hall–Kier alpha value is -2.66. The monoisotopic (exact) mass is 367 g/mol. The lowest BCUT2D eigenvalue weighted by molar-refractivity contribution is 0.0524. The van der Waals surface area contributed by atoms with E-state index in [0.29, 0.717) is 25.3 Å². The fourth-order valence-electron chi connectivity index (χ4n) is 3.43. The van der Waals surface area contributed by atoms with Crippen LogP contribution in [0.15, 0.2) is 48.5 Å². The first-order valence-electron chi connectivity index (χ1n) is 9.33. The lowest BCUT2D eigenvalue weighted by atomic mass is 10.1. The van der Waals surface area contributed by atoms with E-state index >= 15 is 0 Å². The number of amides is 1. The Morgan fingerprint density at radius 1 is 1.15 bits per heavy atom. The molecule has 1 unspecified atom stereocenters. The summed E-state index contributed by atoms with van der Waals surface area (Å²) in [6.07, 6.45) is 2.80. The summed E-state index contributed by atoms with van der Waals surface area (Å²) in [6, 6.07) is 15.1. The number of ether oxygens (including phenoxy) is 1. The molecule has 1 atom stereocenters. The molecule has 1 N–H and O–H groups in total. The average molecular weight is 367 g/mol. The maximum absolute atomic E-state index is 12.7. The van der Waals surface area contributed by atoms with Crippen LogP contribution in [0.1, 0.15) is 44.7 Å². The quantitative estimate of drug-likeness (QED) is 0.760. The second kappa shape index (κ2) is 8.82. The zero-order chi connectivity index (χ0) is 19.2. The van der Waals surface area contributed by atoms with Crippen LogP contribution in [0.3, 0.4) is 0 Å². The van der Waals surface area contributed by atoms with E-state index in [1.807, 2.05) is 18.2 Å². The number of aromatic carboxylic acids is 1. The minimum Gasteiger partial charge on any atom is -0.478 e. The highest BCUT2D eigenvalue weighted by atomic mass is 16.5. The molecule has 5 nitrogen and oxygen atoms in total. The van der Waals surface area contributed by atoms with Crippen LogP contribution in [0, 0.1) is 6.92 Å². The topological polar surface area (TPSA) is 66.8 Å². The third kappa shape index (κ3) is 5.17. The third-order valence-electron chi connectivity index (χ3n) is 4.81. The van der Waals surface area contributed by atoms with E-state index < -0.39 is 5.97 Å². The maximum atomic E-state index is 12.7. The number of aryl methyl sites for hydroxylation is 2. The number of carbonyl (C=O) groups is 2. The van der Waals surface area contributed by atoms with Crippen LogP contribution in [0.25, 0.3) is 0 Å². The van der Waals surface area contributed by atoms with Crippen molar-refractivity contribution in [2.45, 2.75) is 32.3 Å². The van der Waals surface area contributed by atoms with Crippen molar-refractivity contribution in [2.75, 3.05) is 19.7 Å². The molecule has 0 aliphatic carbocycles. The smallest absolute Gasteiger partial charge is 0.335 e. The number of carboxylic acid groups (broad SMARTS) is 1. The minimum atomic E-state index is -1.02. The molecular formula is C22H25NO4. The summed E-state index contributed by atoms with van der Waals surface area (Å²) in [5, 5.41) is 9.18. The van der Waals surface area contributed by atoms with Gasteiger partial charge in [-0.2, -0.15) is 0 Å². The zero-order valence-corrected chi connectivity index (χ0v) is 15.6. The molecule has 3 rings (SSSR count). The Morgan fingerprint density at radius 3 is 2.63 bits per heavy atom. The maximum Gasteiger partial charge on any atom is 0.335 e. The van der Waals surface area contributed by atoms with Crippen molar-refractivity contribution in [1.82, 2.24) is 4.90 Å². The van der Waals surface area contributed by atoms with E-state index in [4.69, 9.17) is 4.74 Å². The second-order valence-electron chi connectivity index (χ2n) is 7.01. The molecule has 2 aromatic carbocycles. The highest BCUT2D eigenvalue weighted by Crippen LogP contribution is 2.18. The molecule has 0 bridgehead atoms. The van der Waals surface area contributed by atoms with Gasteiger partial charge >= 0.3 is 5.97 Å². The highest BCUT2D eigenvalue weighted by Gasteiger charge is 2.28. The minimum absolute atomic E-state index is 0.0495. The van der Waals surface area contributed by atoms with Gasteiger partial charge in [-0.1, -0.05) is 30.3 Å². The molecule has 1 aliphatic heterocycles. The number of hydrogen-bond acceptors (Lipinski definition) is 3. The molecule has 1 fully saturated rings. The lowest BCUT2D eigenvalue weighted by Gasteiger charge is -2.17. The normalized spacial score (nSPS) is 16.5. The van der Waals surface area contributed by atoms with Crippen molar-refractivity contribution in [3.05, 3.63) is 70.8 Å². The predicted molar refractivity (Wildman–Crippen MR) is 103 cm³/mol. The summed E-state index contributed by atoms with van der Waals surface area (Å²) >= 11 is 0. The summed E-state index contributed by atoms with van der Waals surface area (Å²) in [5.74, 6) is -1.15. The van der Waals surface area contributed by atoms with E-state index in [9.17, 15) is 14.7 Å². The summed E-state index contributed by atoms with van der Waals surface area (Å²) in [4.78, 5) is 25.7. The molecule has 5 heteroatoms. The number of hydrogen-bond donors (Lipinski definition) is 1. The van der Waals surface area contributed by atoms with Crippen LogP contribution in [0.4, 0.5) is 0 Å². The second-order valence-corrected chi connectivity index (χ2v) is 7.01. The molecule has 1 heterocycles. The van der Waals surface area contributed by atoms with Crippen LogP contribution in [-0.4, -0.2) is 47.7 Å². The van der Waals surface area contributed by atoms with Gasteiger partial charge in [0.2, 0.25) is 0 Å². The van der Waals surface area contributed by atoms with Gasteiger partial charge in [0.1, 0.15) is 0 Å². The van der Waals surface area contributed by atoms with Crippen molar-refractivity contribution < 1.29 is 19.4 Å². The largest absolute Gasteiger partial charge is 0.478 e. The predicted octanol–water partition coefficient (Wildman–Crippen LogP) is 3.56. The van der Waals surface area contributed by atoms with E-state index in [2.05, 4.69) is 12.1 Å². The fraction of sp³-hybridized carbons (Fsp3) is 0.364. The van der Waals surface area contributed by atoms with Gasteiger partial charge in [-0.25, -0.2) is 4.79 Å². The van der Waals surface area contributed by atoms with Crippen LogP contribution in [0.2, 0.25) is 0 Å². The van der Waals surface area contributed by atoms with Gasteiger partial charge in [-0.05, 0) is 55.5 Å². The number of nitrogens with zero attached hydrogens (tertiary/aromatic N) is 1. The molecule has 1 amide bonds. The van der Waals surface area contributed by atoms with Gasteiger partial charge in [-0.15, -0.1) is 0 Å². The molecule has 0 spiro atoms. The molecule has 27 heavy (non-hydrogen) atoms. The van der Waals surface area contributed by atoms with Crippen LogP contribution in [0.5, 0.6) is 0 Å². The number of carboxylic acids is 1. The summed E-state index contributed by atoms with van der Waals surface area (Å²) in [7, 11) is 0. The van der Waals surface area contributed by atoms with E-state index in [0.717, 1.165) is 24.8 Å². The van der Waals surface area contributed by atoms with E-state index in [1.165, 1.54) is 11.6 Å². The number of carbonyl (C=O) groups excluding carboxylic acids is 1. The molecule has 2 aromatic rings. The van der Waals surface area contributed by atoms with Crippen LogP contribution in [-0.2, 0) is 11.2 Å². The highest BCUT2D eigenvalue weighted by molar-refractivity contribution is 5.98. The Bertz CT molecular complexity index is 803. The Morgan fingerprint density at radius 2 is 1.89 bits per heavy atom. The number of benzene rings is 2. The lowest BCUT2D eigenvalue weighted by Crippen LogP contribution is -2.30. The van der Waals surface area contributed by atoms with Gasteiger partial charge in [0, 0.05) is 25.3 Å². The van der Waals surface area contributed by atoms with Crippen molar-refractivity contribution in [2.24, 2.45) is 0 Å². The molecule has 0 saturated carbocycles. The first-order chi connectivity index (χ1) is 13.0. The van der Waals surface area contributed by atoms with Gasteiger partial charge < -0.3 is 14.7 Å². The average Bonchev–Trinajstić information content (AvgIpc) is 3.14. The molecular weight excluding hydrogens is 342 g/mol. The SMILES string of the molecule is Cc1cc(C(=O)O)cc(C(=O)N2CCC(OCCCc3ccccc3)C2)c1. The van der Waals surface area contributed by atoms with Gasteiger partial charge in [0.25, 0.3) is 5.91 Å². The Balaban J connectivity index is 1.49. The van der Waals surface area contributed by atoms with Crippen molar-refractivity contribution >= 4 is 11.9 Å². The fourth-order valence-corrected chi connectivity index (χ4v) is 3.43. The molecule has 0 radical (unpaired) electrons.